The Morgan fingerprint density at radius 1 is 0.786 bits per heavy atom. The topological polar surface area (TPSA) is 6.48 Å². The van der Waals surface area contributed by atoms with E-state index in [4.69, 9.17) is 0 Å². The van der Waals surface area contributed by atoms with Gasteiger partial charge in [-0.3, -0.25) is 9.80 Å². The van der Waals surface area contributed by atoms with Crippen LogP contribution in [-0.4, -0.2) is 42.1 Å². The van der Waals surface area contributed by atoms with Gasteiger partial charge in [-0.2, -0.15) is 0 Å². The van der Waals surface area contributed by atoms with E-state index >= 15 is 0 Å². The summed E-state index contributed by atoms with van der Waals surface area (Å²) < 4.78 is 0. The second kappa shape index (κ2) is 3.49. The van der Waals surface area contributed by atoms with E-state index in [9.17, 15) is 0 Å². The van der Waals surface area contributed by atoms with Crippen LogP contribution in [0.1, 0.15) is 33.6 Å². The molecule has 1 aliphatic heterocycles. The third-order valence-corrected chi connectivity index (χ3v) is 4.87. The minimum absolute atomic E-state index is 0.627. The van der Waals surface area contributed by atoms with Gasteiger partial charge in [-0.1, -0.05) is 13.8 Å². The van der Waals surface area contributed by atoms with Gasteiger partial charge in [0.1, 0.15) is 0 Å². The summed E-state index contributed by atoms with van der Waals surface area (Å²) in [5, 5.41) is 0. The molecule has 0 spiro atoms. The lowest BCUT2D eigenvalue weighted by molar-refractivity contribution is 0.143. The molecular formula is C12H24N2. The van der Waals surface area contributed by atoms with Crippen molar-refractivity contribution in [2.24, 2.45) is 11.8 Å². The van der Waals surface area contributed by atoms with Gasteiger partial charge in [0.25, 0.3) is 0 Å². The summed E-state index contributed by atoms with van der Waals surface area (Å²) in [6.45, 7) is 7.16. The highest BCUT2D eigenvalue weighted by molar-refractivity contribution is 4.99. The molecule has 2 nitrogen and oxygen atoms in total. The highest BCUT2D eigenvalue weighted by Gasteiger charge is 2.45. The largest absolute Gasteiger partial charge is 0.287 e. The first kappa shape index (κ1) is 10.4. The Hall–Kier alpha value is -0.0800. The lowest BCUT2D eigenvalue weighted by atomic mass is 9.76. The monoisotopic (exact) mass is 196 g/mol. The molecule has 4 unspecified atom stereocenters. The molecule has 0 bridgehead atoms. The van der Waals surface area contributed by atoms with Gasteiger partial charge in [0.05, 0.1) is 6.17 Å². The van der Waals surface area contributed by atoms with Gasteiger partial charge >= 0.3 is 0 Å². The second-order valence-corrected chi connectivity index (χ2v) is 5.52. The summed E-state index contributed by atoms with van der Waals surface area (Å²) in [5.74, 6) is 1.80. The number of likely N-dealkylation sites (N-methyl/N-ethyl adjacent to an activating group) is 2. The fourth-order valence-corrected chi connectivity index (χ4v) is 3.26. The lowest BCUT2D eigenvalue weighted by Gasteiger charge is -2.38. The number of rotatable bonds is 0. The number of hydrogen-bond acceptors (Lipinski definition) is 2. The van der Waals surface area contributed by atoms with E-state index < -0.39 is 0 Å². The molecule has 0 radical (unpaired) electrons. The van der Waals surface area contributed by atoms with E-state index in [0.29, 0.717) is 6.17 Å². The maximum absolute atomic E-state index is 2.56. The molecule has 2 fully saturated rings. The second-order valence-electron chi connectivity index (χ2n) is 5.52. The van der Waals surface area contributed by atoms with Crippen molar-refractivity contribution in [3.05, 3.63) is 0 Å². The first-order chi connectivity index (χ1) is 6.52. The zero-order valence-corrected chi connectivity index (χ0v) is 10.2. The van der Waals surface area contributed by atoms with Gasteiger partial charge in [-0.05, 0) is 45.7 Å². The fraction of sp³-hybridized carbons (Fsp3) is 1.00. The Kier molecular flexibility index (Phi) is 2.61. The van der Waals surface area contributed by atoms with E-state index in [1.165, 1.54) is 12.8 Å². The van der Waals surface area contributed by atoms with Crippen molar-refractivity contribution in [1.29, 1.82) is 0 Å². The molecule has 1 saturated heterocycles. The van der Waals surface area contributed by atoms with E-state index in [2.05, 4.69) is 44.7 Å². The van der Waals surface area contributed by atoms with Crippen LogP contribution < -0.4 is 0 Å². The average molecular weight is 196 g/mol. The molecule has 2 rings (SSSR count). The summed E-state index contributed by atoms with van der Waals surface area (Å²) in [6, 6.07) is 1.61. The predicted molar refractivity (Wildman–Crippen MR) is 60.1 cm³/mol. The van der Waals surface area contributed by atoms with E-state index in [1.807, 2.05) is 0 Å². The third-order valence-electron chi connectivity index (χ3n) is 4.87. The molecule has 1 heterocycles. The average Bonchev–Trinajstić information content (AvgIpc) is 2.34. The van der Waals surface area contributed by atoms with Crippen molar-refractivity contribution in [3.63, 3.8) is 0 Å². The normalized spacial score (nSPS) is 50.8. The van der Waals surface area contributed by atoms with Crippen LogP contribution in [0.3, 0.4) is 0 Å². The summed E-state index contributed by atoms with van der Waals surface area (Å²) in [5.41, 5.74) is 0. The summed E-state index contributed by atoms with van der Waals surface area (Å²) in [4.78, 5) is 5.13. The van der Waals surface area contributed by atoms with Crippen molar-refractivity contribution < 1.29 is 0 Å². The molecule has 14 heavy (non-hydrogen) atoms. The molecule has 0 aromatic carbocycles. The van der Waals surface area contributed by atoms with Crippen LogP contribution in [0, 0.1) is 11.8 Å². The maximum Gasteiger partial charge on any atom is 0.0594 e. The molecule has 0 aromatic rings. The van der Waals surface area contributed by atoms with Gasteiger partial charge in [-0.25, -0.2) is 0 Å². The van der Waals surface area contributed by atoms with Crippen LogP contribution in [0.4, 0.5) is 0 Å². The third kappa shape index (κ3) is 1.40. The molecule has 0 amide bonds. The van der Waals surface area contributed by atoms with Gasteiger partial charge in [-0.15, -0.1) is 0 Å². The predicted octanol–water partition coefficient (Wildman–Crippen LogP) is 2.01. The van der Waals surface area contributed by atoms with Gasteiger partial charge < -0.3 is 0 Å². The van der Waals surface area contributed by atoms with Crippen molar-refractivity contribution in [2.45, 2.75) is 51.9 Å². The maximum atomic E-state index is 2.56. The molecule has 1 saturated carbocycles. The SMILES string of the molecule is CC1CC2C(CC1C)N(C)C(C)N2C. The van der Waals surface area contributed by atoms with Crippen molar-refractivity contribution >= 4 is 0 Å². The summed E-state index contributed by atoms with van der Waals surface area (Å²) in [7, 11) is 4.57. The number of fused-ring (bicyclic) bond motifs is 1. The molecular weight excluding hydrogens is 172 g/mol. The Labute approximate surface area is 88.3 Å². The number of hydrogen-bond donors (Lipinski definition) is 0. The van der Waals surface area contributed by atoms with E-state index in [1.54, 1.807) is 0 Å². The number of nitrogens with zero attached hydrogens (tertiary/aromatic N) is 2. The van der Waals surface area contributed by atoms with E-state index in [0.717, 1.165) is 23.9 Å². The highest BCUT2D eigenvalue weighted by atomic mass is 15.4. The Morgan fingerprint density at radius 3 is 1.50 bits per heavy atom. The van der Waals surface area contributed by atoms with Gasteiger partial charge in [0.2, 0.25) is 0 Å². The van der Waals surface area contributed by atoms with Gasteiger partial charge in [0, 0.05) is 12.1 Å². The lowest BCUT2D eigenvalue weighted by Crippen LogP contribution is -2.43. The molecule has 1 aliphatic carbocycles. The Morgan fingerprint density at radius 2 is 1.14 bits per heavy atom. The van der Waals surface area contributed by atoms with E-state index in [-0.39, 0.29) is 0 Å². The van der Waals surface area contributed by atoms with Crippen LogP contribution >= 0.6 is 0 Å². The van der Waals surface area contributed by atoms with Crippen molar-refractivity contribution in [2.75, 3.05) is 14.1 Å². The molecule has 0 aromatic heterocycles. The van der Waals surface area contributed by atoms with Crippen molar-refractivity contribution in [1.82, 2.24) is 9.80 Å². The minimum Gasteiger partial charge on any atom is -0.287 e. The molecule has 0 N–H and O–H groups in total. The first-order valence-electron chi connectivity index (χ1n) is 5.96. The summed E-state index contributed by atoms with van der Waals surface area (Å²) in [6.07, 6.45) is 3.40. The van der Waals surface area contributed by atoms with Crippen molar-refractivity contribution in [3.8, 4) is 0 Å². The zero-order chi connectivity index (χ0) is 10.5. The van der Waals surface area contributed by atoms with Crippen LogP contribution in [0.25, 0.3) is 0 Å². The minimum atomic E-state index is 0.627. The fourth-order valence-electron chi connectivity index (χ4n) is 3.26. The molecule has 4 atom stereocenters. The standard InChI is InChI=1S/C12H24N2/c1-8-6-11-12(7-9(8)2)14(5)10(3)13(11)4/h8-12H,6-7H2,1-5H3. The molecule has 82 valence electrons. The van der Waals surface area contributed by atoms with Crippen LogP contribution in [0.2, 0.25) is 0 Å². The van der Waals surface area contributed by atoms with Crippen LogP contribution in [0.15, 0.2) is 0 Å². The highest BCUT2D eigenvalue weighted by Crippen LogP contribution is 2.39. The summed E-state index contributed by atoms with van der Waals surface area (Å²) >= 11 is 0. The zero-order valence-electron chi connectivity index (χ0n) is 10.2. The smallest absolute Gasteiger partial charge is 0.0594 e. The Balaban J connectivity index is 2.15. The van der Waals surface area contributed by atoms with Crippen LogP contribution in [0.5, 0.6) is 0 Å². The Bertz CT molecular complexity index is 194. The van der Waals surface area contributed by atoms with Gasteiger partial charge in [0.15, 0.2) is 0 Å². The quantitative estimate of drug-likeness (QED) is 0.585. The first-order valence-corrected chi connectivity index (χ1v) is 5.96. The molecule has 2 aliphatic rings. The molecule has 2 heteroatoms. The van der Waals surface area contributed by atoms with Crippen LogP contribution in [-0.2, 0) is 0 Å².